The van der Waals surface area contributed by atoms with Gasteiger partial charge in [0.25, 0.3) is 0 Å². The number of carbonyl (C=O) groups excluding carboxylic acids is 2. The van der Waals surface area contributed by atoms with Crippen LogP contribution >= 0.6 is 0 Å². The van der Waals surface area contributed by atoms with E-state index in [0.29, 0.717) is 13.0 Å². The van der Waals surface area contributed by atoms with Crippen LogP contribution in [0.1, 0.15) is 26.2 Å². The van der Waals surface area contributed by atoms with Crippen molar-refractivity contribution in [3.63, 3.8) is 0 Å². The number of amides is 3. The van der Waals surface area contributed by atoms with Crippen LogP contribution in [0.2, 0.25) is 0 Å². The molecule has 0 aliphatic carbocycles. The lowest BCUT2D eigenvalue weighted by Crippen LogP contribution is -2.50. The predicted molar refractivity (Wildman–Crippen MR) is 59.2 cm³/mol. The Hall–Kier alpha value is -1.79. The smallest absolute Gasteiger partial charge is 0.318 e. The number of carbonyl (C=O) groups is 3. The minimum Gasteiger partial charge on any atom is -0.481 e. The lowest BCUT2D eigenvalue weighted by Gasteiger charge is -2.24. The number of aliphatic carboxylic acids is 1. The van der Waals surface area contributed by atoms with Gasteiger partial charge in [0, 0.05) is 12.6 Å². The van der Waals surface area contributed by atoms with E-state index < -0.39 is 30.0 Å². The fourth-order valence-electron chi connectivity index (χ4n) is 1.91. The molecule has 3 amide bonds. The van der Waals surface area contributed by atoms with Gasteiger partial charge < -0.3 is 21.1 Å². The van der Waals surface area contributed by atoms with E-state index in [9.17, 15) is 14.4 Å². The number of hydrogen-bond acceptors (Lipinski definition) is 3. The largest absolute Gasteiger partial charge is 0.481 e. The first-order valence-corrected chi connectivity index (χ1v) is 5.50. The van der Waals surface area contributed by atoms with Crippen molar-refractivity contribution >= 4 is 17.9 Å². The Balaban J connectivity index is 2.52. The summed E-state index contributed by atoms with van der Waals surface area (Å²) < 4.78 is 0. The molecule has 7 heteroatoms. The Morgan fingerprint density at radius 3 is 2.71 bits per heavy atom. The quantitative estimate of drug-likeness (QED) is 0.618. The second kappa shape index (κ2) is 5.51. The molecule has 4 N–H and O–H groups in total. The van der Waals surface area contributed by atoms with E-state index in [0.717, 1.165) is 6.42 Å². The average Bonchev–Trinajstić information content (AvgIpc) is 2.63. The maximum Gasteiger partial charge on any atom is 0.318 e. The fourth-order valence-corrected chi connectivity index (χ4v) is 1.91. The van der Waals surface area contributed by atoms with Gasteiger partial charge in [0.05, 0.1) is 6.42 Å². The SMILES string of the molecule is CC(CC(=O)O)NC(=O)N1CCCC1C(N)=O. The highest BCUT2D eigenvalue weighted by Gasteiger charge is 2.33. The van der Waals surface area contributed by atoms with E-state index >= 15 is 0 Å². The number of carboxylic acid groups (broad SMARTS) is 1. The van der Waals surface area contributed by atoms with Gasteiger partial charge >= 0.3 is 12.0 Å². The molecule has 0 spiro atoms. The molecule has 96 valence electrons. The van der Waals surface area contributed by atoms with E-state index in [4.69, 9.17) is 10.8 Å². The van der Waals surface area contributed by atoms with Gasteiger partial charge in [-0.25, -0.2) is 4.79 Å². The van der Waals surface area contributed by atoms with Crippen LogP contribution in [0.3, 0.4) is 0 Å². The van der Waals surface area contributed by atoms with Gasteiger partial charge in [-0.3, -0.25) is 9.59 Å². The number of urea groups is 1. The van der Waals surface area contributed by atoms with Crippen molar-refractivity contribution in [3.05, 3.63) is 0 Å². The molecule has 2 atom stereocenters. The molecule has 0 bridgehead atoms. The van der Waals surface area contributed by atoms with Crippen molar-refractivity contribution in [2.75, 3.05) is 6.54 Å². The van der Waals surface area contributed by atoms with Gasteiger partial charge in [0.2, 0.25) is 5.91 Å². The number of nitrogens with one attached hydrogen (secondary N) is 1. The number of nitrogens with zero attached hydrogens (tertiary/aromatic N) is 1. The van der Waals surface area contributed by atoms with Crippen molar-refractivity contribution in [3.8, 4) is 0 Å². The summed E-state index contributed by atoms with van der Waals surface area (Å²) in [6, 6.07) is -1.48. The molecule has 0 aromatic heterocycles. The Morgan fingerprint density at radius 1 is 1.53 bits per heavy atom. The molecule has 1 fully saturated rings. The van der Waals surface area contributed by atoms with Crippen LogP contribution in [0.25, 0.3) is 0 Å². The van der Waals surface area contributed by atoms with Crippen molar-refractivity contribution in [1.29, 1.82) is 0 Å². The first kappa shape index (κ1) is 13.3. The highest BCUT2D eigenvalue weighted by molar-refractivity contribution is 5.86. The summed E-state index contributed by atoms with van der Waals surface area (Å²) in [5.74, 6) is -1.51. The standard InChI is InChI=1S/C10H17N3O4/c1-6(5-8(14)15)12-10(17)13-4-2-3-7(13)9(11)16/h6-7H,2-5H2,1H3,(H2,11,16)(H,12,17)(H,14,15). The number of likely N-dealkylation sites (tertiary alicyclic amines) is 1. The summed E-state index contributed by atoms with van der Waals surface area (Å²) >= 11 is 0. The van der Waals surface area contributed by atoms with Gasteiger partial charge in [-0.15, -0.1) is 0 Å². The van der Waals surface area contributed by atoms with Crippen LogP contribution in [0.4, 0.5) is 4.79 Å². The Kier molecular flexibility index (Phi) is 4.30. The molecular weight excluding hydrogens is 226 g/mol. The van der Waals surface area contributed by atoms with E-state index in [1.54, 1.807) is 6.92 Å². The molecule has 1 aliphatic rings. The maximum atomic E-state index is 11.8. The van der Waals surface area contributed by atoms with Crippen LogP contribution in [0.5, 0.6) is 0 Å². The lowest BCUT2D eigenvalue weighted by molar-refractivity contribution is -0.137. The minimum atomic E-state index is -0.981. The first-order valence-electron chi connectivity index (χ1n) is 5.50. The molecule has 17 heavy (non-hydrogen) atoms. The number of hydrogen-bond donors (Lipinski definition) is 3. The molecule has 0 aromatic rings. The van der Waals surface area contributed by atoms with Crippen molar-refractivity contribution in [1.82, 2.24) is 10.2 Å². The highest BCUT2D eigenvalue weighted by Crippen LogP contribution is 2.16. The number of carboxylic acids is 1. The molecule has 1 rings (SSSR count). The molecule has 7 nitrogen and oxygen atoms in total. The van der Waals surface area contributed by atoms with Gasteiger partial charge in [-0.1, -0.05) is 0 Å². The normalized spacial score (nSPS) is 21.0. The monoisotopic (exact) mass is 243 g/mol. The number of nitrogens with two attached hydrogens (primary N) is 1. The van der Waals surface area contributed by atoms with Crippen molar-refractivity contribution < 1.29 is 19.5 Å². The van der Waals surface area contributed by atoms with Crippen LogP contribution in [0.15, 0.2) is 0 Å². The molecule has 0 saturated carbocycles. The second-order valence-corrected chi connectivity index (χ2v) is 4.20. The number of rotatable bonds is 4. The summed E-state index contributed by atoms with van der Waals surface area (Å²) in [5, 5.41) is 11.1. The Morgan fingerprint density at radius 2 is 2.18 bits per heavy atom. The van der Waals surface area contributed by atoms with Crippen molar-refractivity contribution in [2.24, 2.45) is 5.73 Å². The molecular formula is C10H17N3O4. The Bertz CT molecular complexity index is 332. The van der Waals surface area contributed by atoms with E-state index in [1.807, 2.05) is 0 Å². The van der Waals surface area contributed by atoms with E-state index in [1.165, 1.54) is 4.90 Å². The highest BCUT2D eigenvalue weighted by atomic mass is 16.4. The van der Waals surface area contributed by atoms with Gasteiger partial charge in [0.1, 0.15) is 6.04 Å². The molecule has 1 heterocycles. The molecule has 0 aromatic carbocycles. The third kappa shape index (κ3) is 3.61. The first-order chi connectivity index (χ1) is 7.91. The second-order valence-electron chi connectivity index (χ2n) is 4.20. The summed E-state index contributed by atoms with van der Waals surface area (Å²) in [7, 11) is 0. The Labute approximate surface area is 98.9 Å². The third-order valence-corrected chi connectivity index (χ3v) is 2.69. The summed E-state index contributed by atoms with van der Waals surface area (Å²) in [4.78, 5) is 34.7. The average molecular weight is 243 g/mol. The van der Waals surface area contributed by atoms with Crippen molar-refractivity contribution in [2.45, 2.75) is 38.3 Å². The van der Waals surface area contributed by atoms with Gasteiger partial charge in [-0.05, 0) is 19.8 Å². The summed E-state index contributed by atoms with van der Waals surface area (Å²) in [6.45, 7) is 2.07. The molecule has 1 aliphatic heterocycles. The van der Waals surface area contributed by atoms with Crippen LogP contribution in [0, 0.1) is 0 Å². The van der Waals surface area contributed by atoms with Gasteiger partial charge in [-0.2, -0.15) is 0 Å². The fraction of sp³-hybridized carbons (Fsp3) is 0.700. The zero-order chi connectivity index (χ0) is 13.0. The summed E-state index contributed by atoms with van der Waals surface area (Å²) in [5.41, 5.74) is 5.18. The zero-order valence-corrected chi connectivity index (χ0v) is 9.68. The zero-order valence-electron chi connectivity index (χ0n) is 9.68. The lowest BCUT2D eigenvalue weighted by atomic mass is 10.2. The third-order valence-electron chi connectivity index (χ3n) is 2.69. The van der Waals surface area contributed by atoms with Crippen LogP contribution in [-0.4, -0.2) is 46.5 Å². The van der Waals surface area contributed by atoms with Crippen LogP contribution < -0.4 is 11.1 Å². The van der Waals surface area contributed by atoms with E-state index in [2.05, 4.69) is 5.32 Å². The molecule has 1 saturated heterocycles. The topological polar surface area (TPSA) is 113 Å². The maximum absolute atomic E-state index is 11.8. The van der Waals surface area contributed by atoms with Crippen LogP contribution in [-0.2, 0) is 9.59 Å². The minimum absolute atomic E-state index is 0.152. The van der Waals surface area contributed by atoms with E-state index in [-0.39, 0.29) is 6.42 Å². The molecule has 0 radical (unpaired) electrons. The predicted octanol–water partition coefficient (Wildman–Crippen LogP) is -0.491. The summed E-state index contributed by atoms with van der Waals surface area (Å²) in [6.07, 6.45) is 1.14. The number of primary amides is 1. The van der Waals surface area contributed by atoms with Gasteiger partial charge in [0.15, 0.2) is 0 Å². The molecule has 2 unspecified atom stereocenters.